The molecule has 1 aliphatic rings. The molecule has 0 bridgehead atoms. The van der Waals surface area contributed by atoms with Gasteiger partial charge >= 0.3 is 0 Å². The van der Waals surface area contributed by atoms with Crippen molar-refractivity contribution in [2.45, 2.75) is 45.3 Å². The van der Waals surface area contributed by atoms with Crippen molar-refractivity contribution in [1.29, 1.82) is 0 Å². The SMILES string of the molecule is CCNC(=O)/C=C\CCc1cc(N2CC[C@](O)(C(=O)NCc3cc(F)cc(Cl)c3)C2=O)ccc1C. The van der Waals surface area contributed by atoms with Crippen LogP contribution in [-0.2, 0) is 27.3 Å². The first kappa shape index (κ1) is 26.4. The van der Waals surface area contributed by atoms with Crippen LogP contribution < -0.4 is 15.5 Å². The Morgan fingerprint density at radius 1 is 1.23 bits per heavy atom. The van der Waals surface area contributed by atoms with E-state index in [0.717, 1.165) is 17.2 Å². The number of rotatable bonds is 9. The summed E-state index contributed by atoms with van der Waals surface area (Å²) in [5.74, 6) is -2.23. The summed E-state index contributed by atoms with van der Waals surface area (Å²) >= 11 is 5.84. The molecule has 0 saturated carbocycles. The Morgan fingerprint density at radius 2 is 2.00 bits per heavy atom. The Morgan fingerprint density at radius 3 is 2.71 bits per heavy atom. The average Bonchev–Trinajstić information content (AvgIpc) is 3.11. The van der Waals surface area contributed by atoms with Crippen molar-refractivity contribution in [2.75, 3.05) is 18.0 Å². The van der Waals surface area contributed by atoms with Crippen LogP contribution in [0.15, 0.2) is 48.6 Å². The second-order valence-corrected chi connectivity index (χ2v) is 8.91. The summed E-state index contributed by atoms with van der Waals surface area (Å²) in [6, 6.07) is 9.39. The molecule has 1 atom stereocenters. The molecule has 3 N–H and O–H groups in total. The highest BCUT2D eigenvalue weighted by Gasteiger charge is 2.51. The van der Waals surface area contributed by atoms with E-state index >= 15 is 0 Å². The smallest absolute Gasteiger partial charge is 0.268 e. The number of anilines is 1. The van der Waals surface area contributed by atoms with E-state index < -0.39 is 23.2 Å². The van der Waals surface area contributed by atoms with Gasteiger partial charge in [0.2, 0.25) is 11.5 Å². The molecule has 2 aromatic rings. The molecule has 0 radical (unpaired) electrons. The minimum absolute atomic E-state index is 0.0694. The third kappa shape index (κ3) is 6.46. The summed E-state index contributed by atoms with van der Waals surface area (Å²) < 4.78 is 13.5. The van der Waals surface area contributed by atoms with Crippen LogP contribution in [0.4, 0.5) is 10.1 Å². The highest BCUT2D eigenvalue weighted by molar-refractivity contribution is 6.30. The van der Waals surface area contributed by atoms with E-state index in [-0.39, 0.29) is 30.4 Å². The Hall–Kier alpha value is -3.23. The van der Waals surface area contributed by atoms with Crippen molar-refractivity contribution in [3.63, 3.8) is 0 Å². The van der Waals surface area contributed by atoms with Gasteiger partial charge in [-0.1, -0.05) is 23.7 Å². The number of hydrogen-bond donors (Lipinski definition) is 3. The van der Waals surface area contributed by atoms with Crippen LogP contribution in [0, 0.1) is 12.7 Å². The van der Waals surface area contributed by atoms with Gasteiger partial charge in [0.15, 0.2) is 0 Å². The molecule has 3 amide bonds. The topological polar surface area (TPSA) is 98.7 Å². The van der Waals surface area contributed by atoms with Crippen LogP contribution in [-0.4, -0.2) is 41.5 Å². The highest BCUT2D eigenvalue weighted by atomic mass is 35.5. The fraction of sp³-hybridized carbons (Fsp3) is 0.346. The summed E-state index contributed by atoms with van der Waals surface area (Å²) in [4.78, 5) is 38.7. The number of carbonyl (C=O) groups excluding carboxylic acids is 3. The normalized spacial score (nSPS) is 17.7. The Labute approximate surface area is 209 Å². The molecule has 0 aliphatic carbocycles. The van der Waals surface area contributed by atoms with E-state index in [0.29, 0.717) is 30.6 Å². The Balaban J connectivity index is 1.66. The number of aryl methyl sites for hydroxylation is 2. The van der Waals surface area contributed by atoms with Gasteiger partial charge in [-0.3, -0.25) is 14.4 Å². The zero-order valence-corrected chi connectivity index (χ0v) is 20.5. The molecular weight excluding hydrogens is 473 g/mol. The standard InChI is InChI=1S/C26H29ClFN3O4/c1-3-29-23(32)7-5-4-6-19-14-22(9-8-17(19)2)31-11-10-26(35,25(31)34)24(33)30-16-18-12-20(27)15-21(28)13-18/h5,7-9,12-15,35H,3-4,6,10-11,16H2,1-2H3,(H,29,32)(H,30,33)/b7-5-/t26-/m0/s1. The van der Waals surface area contributed by atoms with Crippen LogP contribution in [0.3, 0.4) is 0 Å². The second-order valence-electron chi connectivity index (χ2n) is 8.47. The van der Waals surface area contributed by atoms with Crippen LogP contribution in [0.2, 0.25) is 5.02 Å². The highest BCUT2D eigenvalue weighted by Crippen LogP contribution is 2.30. The first-order chi connectivity index (χ1) is 16.6. The van der Waals surface area contributed by atoms with Crippen LogP contribution in [0.1, 0.15) is 36.5 Å². The van der Waals surface area contributed by atoms with Gasteiger partial charge < -0.3 is 20.6 Å². The lowest BCUT2D eigenvalue weighted by Crippen LogP contribution is -2.52. The molecule has 186 valence electrons. The van der Waals surface area contributed by atoms with Gasteiger partial charge in [0.25, 0.3) is 11.8 Å². The van der Waals surface area contributed by atoms with Gasteiger partial charge in [0.05, 0.1) is 0 Å². The molecule has 3 rings (SSSR count). The summed E-state index contributed by atoms with van der Waals surface area (Å²) in [5, 5.41) is 16.3. The minimum Gasteiger partial charge on any atom is -0.372 e. The lowest BCUT2D eigenvalue weighted by atomic mass is 10.0. The molecule has 0 aromatic heterocycles. The largest absolute Gasteiger partial charge is 0.372 e. The molecule has 1 heterocycles. The number of carbonyl (C=O) groups is 3. The quantitative estimate of drug-likeness (QED) is 0.363. The van der Waals surface area contributed by atoms with Gasteiger partial charge in [0.1, 0.15) is 5.82 Å². The molecule has 2 aromatic carbocycles. The number of hydrogen-bond acceptors (Lipinski definition) is 4. The number of amides is 3. The molecule has 9 heteroatoms. The number of benzene rings is 2. The van der Waals surface area contributed by atoms with Crippen LogP contribution in [0.25, 0.3) is 0 Å². The predicted molar refractivity (Wildman–Crippen MR) is 133 cm³/mol. The van der Waals surface area contributed by atoms with Crippen molar-refractivity contribution >= 4 is 35.0 Å². The number of aliphatic hydroxyl groups is 1. The predicted octanol–water partition coefficient (Wildman–Crippen LogP) is 3.20. The Bertz CT molecular complexity index is 1130. The monoisotopic (exact) mass is 501 g/mol. The fourth-order valence-corrected chi connectivity index (χ4v) is 4.21. The molecule has 1 aliphatic heterocycles. The van der Waals surface area contributed by atoms with E-state index in [1.807, 2.05) is 26.0 Å². The van der Waals surface area contributed by atoms with Gasteiger partial charge in [-0.15, -0.1) is 0 Å². The molecular formula is C26H29ClFN3O4. The lowest BCUT2D eigenvalue weighted by molar-refractivity contribution is -0.149. The van der Waals surface area contributed by atoms with Crippen molar-refractivity contribution in [1.82, 2.24) is 10.6 Å². The summed E-state index contributed by atoms with van der Waals surface area (Å²) in [6.07, 6.45) is 4.54. The molecule has 1 saturated heterocycles. The number of nitrogens with zero attached hydrogens (tertiary/aromatic N) is 1. The number of likely N-dealkylation sites (N-methyl/N-ethyl adjacent to an activating group) is 1. The second kappa shape index (κ2) is 11.5. The zero-order chi connectivity index (χ0) is 25.6. The maximum atomic E-state index is 13.5. The van der Waals surface area contributed by atoms with E-state index in [1.165, 1.54) is 23.1 Å². The third-order valence-electron chi connectivity index (χ3n) is 5.89. The van der Waals surface area contributed by atoms with Gasteiger partial charge in [-0.05, 0) is 79.8 Å². The fourth-order valence-electron chi connectivity index (χ4n) is 3.96. The van der Waals surface area contributed by atoms with E-state index in [1.54, 1.807) is 12.1 Å². The maximum Gasteiger partial charge on any atom is 0.268 e. The van der Waals surface area contributed by atoms with Crippen molar-refractivity contribution in [3.8, 4) is 0 Å². The van der Waals surface area contributed by atoms with Gasteiger partial charge in [-0.2, -0.15) is 0 Å². The maximum absolute atomic E-state index is 13.5. The van der Waals surface area contributed by atoms with E-state index in [9.17, 15) is 23.9 Å². The van der Waals surface area contributed by atoms with Crippen LogP contribution in [0.5, 0.6) is 0 Å². The van der Waals surface area contributed by atoms with E-state index in [4.69, 9.17) is 11.6 Å². The minimum atomic E-state index is -2.21. The van der Waals surface area contributed by atoms with Crippen molar-refractivity contribution in [3.05, 3.63) is 76.1 Å². The number of allylic oxidation sites excluding steroid dienone is 1. The van der Waals surface area contributed by atoms with Crippen LogP contribution >= 0.6 is 11.6 Å². The number of nitrogens with one attached hydrogen (secondary N) is 2. The molecule has 0 spiro atoms. The molecule has 1 fully saturated rings. The summed E-state index contributed by atoms with van der Waals surface area (Å²) in [6.45, 7) is 4.47. The summed E-state index contributed by atoms with van der Waals surface area (Å²) in [5.41, 5.74) is 0.826. The zero-order valence-electron chi connectivity index (χ0n) is 19.7. The van der Waals surface area contributed by atoms with Crippen molar-refractivity contribution < 1.29 is 23.9 Å². The van der Waals surface area contributed by atoms with Gasteiger partial charge in [-0.25, -0.2) is 4.39 Å². The molecule has 7 nitrogen and oxygen atoms in total. The molecule has 35 heavy (non-hydrogen) atoms. The first-order valence-corrected chi connectivity index (χ1v) is 11.8. The average molecular weight is 502 g/mol. The third-order valence-corrected chi connectivity index (χ3v) is 6.11. The van der Waals surface area contributed by atoms with E-state index in [2.05, 4.69) is 10.6 Å². The van der Waals surface area contributed by atoms with Gasteiger partial charge in [0, 0.05) is 36.8 Å². The molecule has 0 unspecified atom stereocenters. The number of halogens is 2. The lowest BCUT2D eigenvalue weighted by Gasteiger charge is -2.22. The first-order valence-electron chi connectivity index (χ1n) is 11.5. The summed E-state index contributed by atoms with van der Waals surface area (Å²) in [7, 11) is 0. The Kier molecular flexibility index (Phi) is 8.64. The van der Waals surface area contributed by atoms with Crippen molar-refractivity contribution in [2.24, 2.45) is 0 Å².